The molecule has 2 aliphatic rings. The minimum Gasteiger partial charge on any atom is -0.367 e. The molecular formula is C27H23N3S. The summed E-state index contributed by atoms with van der Waals surface area (Å²) in [5, 5.41) is 0. The molecule has 3 heterocycles. The number of thiophene rings is 1. The van der Waals surface area contributed by atoms with Crippen LogP contribution in [0.15, 0.2) is 91.2 Å². The number of benzene rings is 2. The topological polar surface area (TPSA) is 21.1 Å². The molecule has 2 aromatic carbocycles. The van der Waals surface area contributed by atoms with Gasteiger partial charge >= 0.3 is 0 Å². The highest BCUT2D eigenvalue weighted by atomic mass is 32.1. The molecule has 3 nitrogen and oxygen atoms in total. The highest BCUT2D eigenvalue weighted by molar-refractivity contribution is 7.15. The zero-order chi connectivity index (χ0) is 20.9. The lowest BCUT2D eigenvalue weighted by Crippen LogP contribution is -2.28. The van der Waals surface area contributed by atoms with Crippen LogP contribution >= 0.6 is 11.3 Å². The van der Waals surface area contributed by atoms with Gasteiger partial charge in [0, 0.05) is 41.0 Å². The Bertz CT molecular complexity index is 1330. The number of nitrogens with zero attached hydrogens (tertiary/aromatic N) is 3. The fourth-order valence-electron chi connectivity index (χ4n) is 4.75. The number of fused-ring (bicyclic) bond motifs is 3. The number of imidazole rings is 1. The van der Waals surface area contributed by atoms with Crippen molar-refractivity contribution in [3.8, 4) is 27.6 Å². The number of aromatic nitrogens is 2. The van der Waals surface area contributed by atoms with E-state index in [-0.39, 0.29) is 0 Å². The Morgan fingerprint density at radius 1 is 0.935 bits per heavy atom. The zero-order valence-corrected chi connectivity index (χ0v) is 18.4. The van der Waals surface area contributed by atoms with Gasteiger partial charge in [0.25, 0.3) is 0 Å². The molecule has 1 aliphatic heterocycles. The molecule has 6 rings (SSSR count). The van der Waals surface area contributed by atoms with Crippen LogP contribution in [0.5, 0.6) is 0 Å². The maximum atomic E-state index is 5.07. The summed E-state index contributed by atoms with van der Waals surface area (Å²) >= 11 is 1.79. The summed E-state index contributed by atoms with van der Waals surface area (Å²) in [5.74, 6) is 1.40. The van der Waals surface area contributed by atoms with Crippen LogP contribution in [0, 0.1) is 6.92 Å². The molecule has 0 amide bonds. The lowest BCUT2D eigenvalue weighted by atomic mass is 9.91. The second-order valence-corrected chi connectivity index (χ2v) is 9.52. The van der Waals surface area contributed by atoms with E-state index >= 15 is 0 Å². The first-order valence-electron chi connectivity index (χ1n) is 10.6. The van der Waals surface area contributed by atoms with Crippen molar-refractivity contribution >= 4 is 17.0 Å². The summed E-state index contributed by atoms with van der Waals surface area (Å²) in [6.45, 7) is 2.15. The number of anilines is 1. The molecule has 0 N–H and O–H groups in total. The van der Waals surface area contributed by atoms with Gasteiger partial charge in [-0.25, -0.2) is 4.98 Å². The highest BCUT2D eigenvalue weighted by Gasteiger charge is 2.34. The van der Waals surface area contributed by atoms with Crippen molar-refractivity contribution in [1.82, 2.24) is 9.55 Å². The molecule has 152 valence electrons. The largest absolute Gasteiger partial charge is 0.367 e. The van der Waals surface area contributed by atoms with Crippen molar-refractivity contribution in [2.75, 3.05) is 11.9 Å². The van der Waals surface area contributed by atoms with Crippen molar-refractivity contribution in [2.45, 2.75) is 18.9 Å². The van der Waals surface area contributed by atoms with E-state index in [0.29, 0.717) is 12.0 Å². The molecule has 31 heavy (non-hydrogen) atoms. The van der Waals surface area contributed by atoms with Gasteiger partial charge in [-0.1, -0.05) is 54.6 Å². The van der Waals surface area contributed by atoms with Crippen molar-refractivity contribution in [1.29, 1.82) is 0 Å². The van der Waals surface area contributed by atoms with Gasteiger partial charge in [0.05, 0.1) is 16.6 Å². The number of aryl methyl sites for hydroxylation is 1. The molecule has 0 saturated carbocycles. The first-order chi connectivity index (χ1) is 15.2. The Morgan fingerprint density at radius 2 is 1.77 bits per heavy atom. The summed E-state index contributed by atoms with van der Waals surface area (Å²) in [6.07, 6.45) is 11.1. The SMILES string of the molecule is Cc1ccc(-c2nc(-c3ccccc3)cn2-c2ccc3c(c2)C2C=CC=CC2N3C)s1. The van der Waals surface area contributed by atoms with Crippen molar-refractivity contribution in [2.24, 2.45) is 0 Å². The van der Waals surface area contributed by atoms with E-state index in [1.807, 2.05) is 6.07 Å². The molecule has 0 radical (unpaired) electrons. The van der Waals surface area contributed by atoms with E-state index in [4.69, 9.17) is 4.98 Å². The highest BCUT2D eigenvalue weighted by Crippen LogP contribution is 2.44. The van der Waals surface area contributed by atoms with Crippen LogP contribution in [0.25, 0.3) is 27.6 Å². The molecule has 0 spiro atoms. The summed E-state index contributed by atoms with van der Waals surface area (Å²) < 4.78 is 2.25. The van der Waals surface area contributed by atoms with Crippen molar-refractivity contribution in [3.05, 3.63) is 102 Å². The third-order valence-corrected chi connectivity index (χ3v) is 7.31. The minimum absolute atomic E-state index is 0.398. The van der Waals surface area contributed by atoms with Gasteiger partial charge in [-0.05, 0) is 42.8 Å². The van der Waals surface area contributed by atoms with E-state index in [0.717, 1.165) is 22.8 Å². The summed E-state index contributed by atoms with van der Waals surface area (Å²) in [7, 11) is 2.19. The molecule has 4 heteroatoms. The Kier molecular flexibility index (Phi) is 4.22. The van der Waals surface area contributed by atoms with Gasteiger partial charge in [-0.15, -0.1) is 11.3 Å². The van der Waals surface area contributed by atoms with E-state index < -0.39 is 0 Å². The average molecular weight is 422 g/mol. The molecule has 0 fully saturated rings. The number of hydrogen-bond acceptors (Lipinski definition) is 3. The normalized spacial score (nSPS) is 19.0. The number of allylic oxidation sites excluding steroid dienone is 2. The summed E-state index contributed by atoms with van der Waals surface area (Å²) in [6, 6.07) is 22.0. The van der Waals surface area contributed by atoms with Crippen molar-refractivity contribution in [3.63, 3.8) is 0 Å². The van der Waals surface area contributed by atoms with E-state index in [9.17, 15) is 0 Å². The maximum absolute atomic E-state index is 5.07. The summed E-state index contributed by atoms with van der Waals surface area (Å²) in [5.41, 5.74) is 5.99. The lowest BCUT2D eigenvalue weighted by Gasteiger charge is -2.23. The first kappa shape index (κ1) is 18.4. The average Bonchev–Trinajstić information content (AvgIpc) is 3.51. The van der Waals surface area contributed by atoms with Crippen LogP contribution in [-0.4, -0.2) is 22.6 Å². The third kappa shape index (κ3) is 2.98. The molecule has 0 saturated heterocycles. The van der Waals surface area contributed by atoms with Gasteiger partial charge < -0.3 is 4.90 Å². The van der Waals surface area contributed by atoms with Gasteiger partial charge in [-0.3, -0.25) is 4.57 Å². The fraction of sp³-hybridized carbons (Fsp3) is 0.148. The molecular weight excluding hydrogens is 398 g/mol. The van der Waals surface area contributed by atoms with Crippen LogP contribution in [-0.2, 0) is 0 Å². The zero-order valence-electron chi connectivity index (χ0n) is 17.6. The van der Waals surface area contributed by atoms with E-state index in [1.165, 1.54) is 21.0 Å². The van der Waals surface area contributed by atoms with Crippen LogP contribution in [0.2, 0.25) is 0 Å². The monoisotopic (exact) mass is 421 g/mol. The van der Waals surface area contributed by atoms with Gasteiger partial charge in [0.1, 0.15) is 0 Å². The smallest absolute Gasteiger partial charge is 0.155 e. The Hall–Kier alpha value is -3.37. The lowest BCUT2D eigenvalue weighted by molar-refractivity contribution is 0.723. The molecule has 4 aromatic rings. The van der Waals surface area contributed by atoms with Gasteiger partial charge in [-0.2, -0.15) is 0 Å². The number of likely N-dealkylation sites (N-methyl/N-ethyl adjacent to an activating group) is 1. The van der Waals surface area contributed by atoms with Gasteiger partial charge in [0.15, 0.2) is 5.82 Å². The van der Waals surface area contributed by atoms with E-state index in [1.54, 1.807) is 11.3 Å². The Labute approximate surface area is 186 Å². The molecule has 2 unspecified atom stereocenters. The molecule has 1 aliphatic carbocycles. The predicted molar refractivity (Wildman–Crippen MR) is 130 cm³/mol. The van der Waals surface area contributed by atoms with Crippen LogP contribution in [0.1, 0.15) is 16.4 Å². The summed E-state index contributed by atoms with van der Waals surface area (Å²) in [4.78, 5) is 9.94. The second kappa shape index (κ2) is 7.10. The maximum Gasteiger partial charge on any atom is 0.155 e. The van der Waals surface area contributed by atoms with Crippen LogP contribution in [0.4, 0.5) is 5.69 Å². The number of hydrogen-bond donors (Lipinski definition) is 0. The van der Waals surface area contributed by atoms with Crippen molar-refractivity contribution < 1.29 is 0 Å². The third-order valence-electron chi connectivity index (χ3n) is 6.32. The molecule has 2 atom stereocenters. The predicted octanol–water partition coefficient (Wildman–Crippen LogP) is 6.60. The van der Waals surface area contributed by atoms with E-state index in [2.05, 4.69) is 109 Å². The van der Waals surface area contributed by atoms with Gasteiger partial charge in [0.2, 0.25) is 0 Å². The molecule has 2 aromatic heterocycles. The standard InChI is InChI=1S/C27H23N3S/c1-18-12-15-26(31-18)27-28-23(19-8-4-3-5-9-19)17-30(27)20-13-14-25-22(16-20)21-10-6-7-11-24(21)29(25)2/h3-17,21,24H,1-2H3. The Balaban J connectivity index is 1.51. The second-order valence-electron chi connectivity index (χ2n) is 8.24. The van der Waals surface area contributed by atoms with Crippen LogP contribution in [0.3, 0.4) is 0 Å². The minimum atomic E-state index is 0.398. The molecule has 0 bridgehead atoms. The number of rotatable bonds is 3. The fourth-order valence-corrected chi connectivity index (χ4v) is 5.60. The van der Waals surface area contributed by atoms with Crippen LogP contribution < -0.4 is 4.90 Å². The quantitative estimate of drug-likeness (QED) is 0.371. The first-order valence-corrected chi connectivity index (χ1v) is 11.4. The Morgan fingerprint density at radius 3 is 2.58 bits per heavy atom.